The Morgan fingerprint density at radius 3 is 2.86 bits per heavy atom. The zero-order valence-electron chi connectivity index (χ0n) is 20.7. The van der Waals surface area contributed by atoms with E-state index in [-0.39, 0.29) is 24.0 Å². The summed E-state index contributed by atoms with van der Waals surface area (Å²) in [4.78, 5) is 33.0. The molecule has 5 rings (SSSR count). The molecule has 2 fully saturated rings. The van der Waals surface area contributed by atoms with Gasteiger partial charge in [-0.25, -0.2) is 14.8 Å². The molecule has 6 N–H and O–H groups in total. The lowest BCUT2D eigenvalue weighted by Gasteiger charge is -2.28. The highest BCUT2D eigenvalue weighted by molar-refractivity contribution is 8.00. The van der Waals surface area contributed by atoms with Crippen LogP contribution in [0.4, 0.5) is 10.6 Å². The van der Waals surface area contributed by atoms with Crippen molar-refractivity contribution in [3.63, 3.8) is 0 Å². The van der Waals surface area contributed by atoms with Crippen molar-refractivity contribution < 1.29 is 9.59 Å². The van der Waals surface area contributed by atoms with Crippen LogP contribution >= 0.6 is 11.8 Å². The maximum Gasteiger partial charge on any atom is 0.315 e. The third kappa shape index (κ3) is 4.83. The number of unbranched alkanes of at least 4 members (excludes halogenated alkanes) is 1. The maximum absolute atomic E-state index is 12.0. The van der Waals surface area contributed by atoms with Gasteiger partial charge in [-0.3, -0.25) is 4.79 Å². The molecule has 2 aliphatic heterocycles. The highest BCUT2D eigenvalue weighted by Gasteiger charge is 2.45. The van der Waals surface area contributed by atoms with E-state index in [4.69, 9.17) is 16.5 Å². The van der Waals surface area contributed by atoms with Crippen LogP contribution in [0.25, 0.3) is 21.9 Å². The Kier molecular flexibility index (Phi) is 7.22. The van der Waals surface area contributed by atoms with Crippen molar-refractivity contribution in [1.82, 2.24) is 25.2 Å². The summed E-state index contributed by atoms with van der Waals surface area (Å²) >= 11 is 1.92. The summed E-state index contributed by atoms with van der Waals surface area (Å²) in [5.74, 6) is 2.47. The molecule has 4 heterocycles. The van der Waals surface area contributed by atoms with Crippen molar-refractivity contribution in [2.24, 2.45) is 11.7 Å². The smallest absolute Gasteiger partial charge is 0.315 e. The minimum absolute atomic E-state index is 0.0805. The van der Waals surface area contributed by atoms with Gasteiger partial charge in [0.15, 0.2) is 5.82 Å². The van der Waals surface area contributed by atoms with Crippen LogP contribution in [0.1, 0.15) is 51.3 Å². The van der Waals surface area contributed by atoms with Crippen LogP contribution in [0.3, 0.4) is 0 Å². The van der Waals surface area contributed by atoms with Crippen molar-refractivity contribution in [2.75, 3.05) is 11.5 Å². The van der Waals surface area contributed by atoms with Crippen molar-refractivity contribution in [2.45, 2.75) is 75.7 Å². The lowest BCUT2D eigenvalue weighted by Crippen LogP contribution is -2.41. The molecule has 36 heavy (non-hydrogen) atoms. The number of carbonyl (C=O) groups is 2. The number of para-hydroxylation sites is 1. The average molecular weight is 510 g/mol. The largest absolute Gasteiger partial charge is 0.382 e. The number of nitrogen functional groups attached to an aromatic ring is 1. The number of nitrogens with one attached hydrogen (secondary N) is 2. The van der Waals surface area contributed by atoms with Gasteiger partial charge in [-0.2, -0.15) is 11.8 Å². The second-order valence-electron chi connectivity index (χ2n) is 9.95. The lowest BCUT2D eigenvalue weighted by atomic mass is 9.89. The van der Waals surface area contributed by atoms with Gasteiger partial charge in [0.1, 0.15) is 11.3 Å². The van der Waals surface area contributed by atoms with Crippen molar-refractivity contribution in [3.8, 4) is 0 Å². The summed E-state index contributed by atoms with van der Waals surface area (Å²) in [5.41, 5.74) is 14.5. The molecule has 9 nitrogen and oxygen atoms in total. The number of nitrogens with two attached hydrogens (primary N) is 2. The number of nitrogens with zero attached hydrogens (tertiary/aromatic N) is 3. The number of rotatable bonds is 11. The van der Waals surface area contributed by atoms with Gasteiger partial charge >= 0.3 is 6.03 Å². The van der Waals surface area contributed by atoms with E-state index in [2.05, 4.69) is 33.2 Å². The molecule has 4 atom stereocenters. The number of carbonyl (C=O) groups excluding carboxylic acids is 2. The number of benzene rings is 1. The van der Waals surface area contributed by atoms with E-state index < -0.39 is 0 Å². The van der Waals surface area contributed by atoms with Gasteiger partial charge in [-0.1, -0.05) is 31.5 Å². The predicted octanol–water partition coefficient (Wildman–Crippen LogP) is 3.34. The van der Waals surface area contributed by atoms with Crippen molar-refractivity contribution in [1.29, 1.82) is 0 Å². The second kappa shape index (κ2) is 10.5. The number of hydrogen-bond donors (Lipinski definition) is 4. The van der Waals surface area contributed by atoms with E-state index in [1.54, 1.807) is 0 Å². The number of aryl methyl sites for hydroxylation is 2. The molecule has 0 aliphatic carbocycles. The topological polar surface area (TPSA) is 141 Å². The zero-order chi connectivity index (χ0) is 25.2. The van der Waals surface area contributed by atoms with E-state index in [9.17, 15) is 9.59 Å². The molecule has 1 aromatic carbocycles. The molecule has 0 spiro atoms. The molecule has 2 saturated heterocycles. The van der Waals surface area contributed by atoms with E-state index in [1.807, 2.05) is 30.0 Å². The lowest BCUT2D eigenvalue weighted by molar-refractivity contribution is -0.118. The Hall–Kier alpha value is -3.01. The minimum Gasteiger partial charge on any atom is -0.382 e. The molecule has 0 bridgehead atoms. The highest BCUT2D eigenvalue weighted by Crippen LogP contribution is 2.39. The third-order valence-corrected chi connectivity index (χ3v) is 9.11. The van der Waals surface area contributed by atoms with Gasteiger partial charge in [0.05, 0.1) is 23.1 Å². The number of urea groups is 1. The van der Waals surface area contributed by atoms with Gasteiger partial charge in [0.2, 0.25) is 5.91 Å². The number of aromatic nitrogens is 3. The average Bonchev–Trinajstić information content (AvgIpc) is 3.52. The number of primary amides is 1. The van der Waals surface area contributed by atoms with E-state index >= 15 is 0 Å². The van der Waals surface area contributed by atoms with Gasteiger partial charge < -0.3 is 26.7 Å². The highest BCUT2D eigenvalue weighted by atomic mass is 32.2. The Morgan fingerprint density at radius 2 is 2.06 bits per heavy atom. The Morgan fingerprint density at radius 1 is 1.22 bits per heavy atom. The molecule has 3 amide bonds. The quantitative estimate of drug-likeness (QED) is 0.292. The fraction of sp³-hybridized carbons (Fsp3) is 0.538. The molecule has 3 aromatic rings. The van der Waals surface area contributed by atoms with Gasteiger partial charge in [-0.05, 0) is 37.7 Å². The predicted molar refractivity (Wildman–Crippen MR) is 145 cm³/mol. The molecule has 4 unspecified atom stereocenters. The first-order valence-electron chi connectivity index (χ1n) is 13.0. The molecule has 192 valence electrons. The number of hydrogen-bond acceptors (Lipinski definition) is 6. The Bertz CT molecular complexity index is 1280. The molecule has 2 aliphatic rings. The van der Waals surface area contributed by atoms with Crippen LogP contribution in [0.5, 0.6) is 0 Å². The number of imidazole rings is 1. The normalized spacial score (nSPS) is 22.0. The van der Waals surface area contributed by atoms with Crippen LogP contribution in [0.2, 0.25) is 0 Å². The summed E-state index contributed by atoms with van der Waals surface area (Å²) in [5, 5.41) is 7.53. The monoisotopic (exact) mass is 509 g/mol. The molecule has 2 aromatic heterocycles. The SMILES string of the molecule is CCCCc1nc2c(N)nc3ccccc3c2n1CCC(CCCC(N)=O)C1SCC2NC(=O)NC21. The molecule has 0 radical (unpaired) electrons. The summed E-state index contributed by atoms with van der Waals surface area (Å²) in [6.45, 7) is 2.98. The Labute approximate surface area is 215 Å². The first-order chi connectivity index (χ1) is 17.5. The molecule has 0 saturated carbocycles. The Balaban J connectivity index is 1.47. The van der Waals surface area contributed by atoms with Crippen LogP contribution in [-0.4, -0.2) is 49.6 Å². The van der Waals surface area contributed by atoms with Crippen LogP contribution in [-0.2, 0) is 17.8 Å². The third-order valence-electron chi connectivity index (χ3n) is 7.50. The minimum atomic E-state index is -0.265. The summed E-state index contributed by atoms with van der Waals surface area (Å²) in [6.07, 6.45) is 5.96. The van der Waals surface area contributed by atoms with Gasteiger partial charge in [0, 0.05) is 35.8 Å². The summed E-state index contributed by atoms with van der Waals surface area (Å²) in [7, 11) is 0. The van der Waals surface area contributed by atoms with E-state index in [0.29, 0.717) is 23.4 Å². The van der Waals surface area contributed by atoms with E-state index in [1.165, 1.54) is 0 Å². The molecule has 10 heteroatoms. The maximum atomic E-state index is 12.0. The molecular formula is C26H35N7O2S. The number of anilines is 1. The van der Waals surface area contributed by atoms with Gasteiger partial charge in [-0.15, -0.1) is 0 Å². The zero-order valence-corrected chi connectivity index (χ0v) is 21.5. The standard InChI is InChI=1S/C26H35N7O2S/c1-2-3-11-20-31-22-23(16-8-4-5-9-17(16)29-25(22)28)33(20)13-12-15(7-6-10-19(27)34)24-21-18(14-36-24)30-26(35)32-21/h4-5,8-9,15,18,21,24H,2-3,6-7,10-14H2,1H3,(H2,27,34)(H2,28,29)(H2,30,32,35). The van der Waals surface area contributed by atoms with Crippen LogP contribution in [0.15, 0.2) is 24.3 Å². The van der Waals surface area contributed by atoms with Gasteiger partial charge in [0.25, 0.3) is 0 Å². The van der Waals surface area contributed by atoms with Crippen molar-refractivity contribution in [3.05, 3.63) is 30.1 Å². The van der Waals surface area contributed by atoms with Crippen molar-refractivity contribution >= 4 is 51.5 Å². The van der Waals surface area contributed by atoms with Crippen LogP contribution in [0, 0.1) is 5.92 Å². The van der Waals surface area contributed by atoms with Crippen LogP contribution < -0.4 is 22.1 Å². The number of amides is 3. The van der Waals surface area contributed by atoms with E-state index in [0.717, 1.165) is 78.6 Å². The number of thioether (sulfide) groups is 1. The first-order valence-corrected chi connectivity index (χ1v) is 14.0. The summed E-state index contributed by atoms with van der Waals surface area (Å²) in [6, 6.07) is 8.28. The fourth-order valence-electron chi connectivity index (χ4n) is 5.73. The second-order valence-corrected chi connectivity index (χ2v) is 11.2. The summed E-state index contributed by atoms with van der Waals surface area (Å²) < 4.78 is 2.34. The fourth-order valence-corrected chi connectivity index (χ4v) is 7.46. The number of pyridine rings is 1. The molecular weight excluding hydrogens is 474 g/mol. The first kappa shape index (κ1) is 24.7. The number of fused-ring (bicyclic) bond motifs is 4.